The highest BCUT2D eigenvalue weighted by Gasteiger charge is 2.59. The first-order chi connectivity index (χ1) is 19.3. The number of nitrogens with zero attached hydrogens (tertiary/aromatic N) is 3. The normalized spacial score (nSPS) is 26.8. The van der Waals surface area contributed by atoms with E-state index < -0.39 is 17.6 Å². The number of nitrogens with two attached hydrogens (primary N) is 1. The fourth-order valence-corrected chi connectivity index (χ4v) is 7.10. The van der Waals surface area contributed by atoms with Gasteiger partial charge in [-0.1, -0.05) is 32.0 Å². The van der Waals surface area contributed by atoms with Crippen molar-refractivity contribution in [2.45, 2.75) is 51.8 Å². The van der Waals surface area contributed by atoms with Crippen LogP contribution in [0.2, 0.25) is 0 Å². The van der Waals surface area contributed by atoms with Gasteiger partial charge in [0.15, 0.2) is 0 Å². The quantitative estimate of drug-likeness (QED) is 0.534. The van der Waals surface area contributed by atoms with E-state index in [4.69, 9.17) is 10.5 Å². The first kappa shape index (κ1) is 28.2. The number of amides is 2. The topological polar surface area (TPSA) is 88.8 Å². The van der Waals surface area contributed by atoms with E-state index >= 15 is 0 Å². The van der Waals surface area contributed by atoms with Crippen molar-refractivity contribution in [1.82, 2.24) is 14.8 Å². The summed E-state index contributed by atoms with van der Waals surface area (Å²) in [7, 11) is 0. The molecular formula is C31H37F3N4O3. The van der Waals surface area contributed by atoms with Crippen LogP contribution < -0.4 is 5.73 Å². The number of benzene rings is 1. The first-order valence-corrected chi connectivity index (χ1v) is 14.4. The zero-order chi connectivity index (χ0) is 29.2. The van der Waals surface area contributed by atoms with Gasteiger partial charge in [-0.15, -0.1) is 0 Å². The third-order valence-electron chi connectivity index (χ3n) is 9.69. The van der Waals surface area contributed by atoms with E-state index in [-0.39, 0.29) is 40.4 Å². The monoisotopic (exact) mass is 570 g/mol. The number of rotatable bonds is 7. The van der Waals surface area contributed by atoms with E-state index in [1.54, 1.807) is 6.07 Å². The van der Waals surface area contributed by atoms with Gasteiger partial charge in [0, 0.05) is 56.2 Å². The van der Waals surface area contributed by atoms with Gasteiger partial charge in [0.1, 0.15) is 5.69 Å². The van der Waals surface area contributed by atoms with E-state index in [0.717, 1.165) is 63.2 Å². The number of carbonyl (C=O) groups is 2. The fourth-order valence-electron chi connectivity index (χ4n) is 7.10. The van der Waals surface area contributed by atoms with Crippen LogP contribution in [-0.4, -0.2) is 72.0 Å². The highest BCUT2D eigenvalue weighted by Crippen LogP contribution is 2.55. The van der Waals surface area contributed by atoms with E-state index in [1.165, 1.54) is 12.1 Å². The smallest absolute Gasteiger partial charge is 0.377 e. The summed E-state index contributed by atoms with van der Waals surface area (Å²) in [4.78, 5) is 34.6. The van der Waals surface area contributed by atoms with E-state index in [9.17, 15) is 22.8 Å². The van der Waals surface area contributed by atoms with Gasteiger partial charge in [-0.25, -0.2) is 4.98 Å². The molecule has 3 atom stereocenters. The molecule has 220 valence electrons. The summed E-state index contributed by atoms with van der Waals surface area (Å²) in [5, 5.41) is 0. The molecule has 4 heterocycles. The number of likely N-dealkylation sites (tertiary alicyclic amines) is 2. The molecule has 2 N–H and O–H groups in total. The molecule has 1 aromatic carbocycles. The molecule has 1 aliphatic carbocycles. The van der Waals surface area contributed by atoms with Crippen LogP contribution in [0.25, 0.3) is 11.3 Å². The van der Waals surface area contributed by atoms with Gasteiger partial charge in [-0.2, -0.15) is 13.2 Å². The summed E-state index contributed by atoms with van der Waals surface area (Å²) >= 11 is 0. The van der Waals surface area contributed by atoms with Crippen molar-refractivity contribution in [3.8, 4) is 11.3 Å². The highest BCUT2D eigenvalue weighted by atomic mass is 19.4. The Bertz CT molecular complexity index is 1330. The molecule has 41 heavy (non-hydrogen) atoms. The van der Waals surface area contributed by atoms with Crippen LogP contribution in [0, 0.1) is 22.7 Å². The molecule has 1 spiro atoms. The molecule has 4 fully saturated rings. The molecule has 1 aromatic heterocycles. The number of primary amides is 1. The van der Waals surface area contributed by atoms with Gasteiger partial charge in [0.05, 0.1) is 17.4 Å². The van der Waals surface area contributed by atoms with Crippen LogP contribution in [0.4, 0.5) is 13.2 Å². The Kier molecular flexibility index (Phi) is 6.92. The Morgan fingerprint density at radius 2 is 1.80 bits per heavy atom. The molecule has 2 aromatic rings. The Labute approximate surface area is 238 Å². The number of halogens is 3. The lowest BCUT2D eigenvalue weighted by molar-refractivity contribution is -0.147. The third-order valence-corrected chi connectivity index (χ3v) is 9.69. The second kappa shape index (κ2) is 10.1. The number of aromatic nitrogens is 1. The lowest BCUT2D eigenvalue weighted by Crippen LogP contribution is -2.63. The van der Waals surface area contributed by atoms with Crippen molar-refractivity contribution in [2.24, 2.45) is 28.4 Å². The molecule has 3 aliphatic heterocycles. The Morgan fingerprint density at radius 3 is 2.39 bits per heavy atom. The Balaban J connectivity index is 1.22. The minimum atomic E-state index is -4.43. The zero-order valence-corrected chi connectivity index (χ0v) is 23.5. The maximum absolute atomic E-state index is 13.1. The maximum atomic E-state index is 13.1. The number of hydrogen-bond acceptors (Lipinski definition) is 5. The summed E-state index contributed by atoms with van der Waals surface area (Å²) in [5.74, 6) is -0.126. The minimum absolute atomic E-state index is 0.0751. The van der Waals surface area contributed by atoms with Crippen molar-refractivity contribution in [3.63, 3.8) is 0 Å². The third kappa shape index (κ3) is 5.48. The van der Waals surface area contributed by atoms with E-state index in [2.05, 4.69) is 23.7 Å². The average molecular weight is 571 g/mol. The van der Waals surface area contributed by atoms with Crippen LogP contribution >= 0.6 is 0 Å². The lowest BCUT2D eigenvalue weighted by atomic mass is 9.69. The van der Waals surface area contributed by atoms with Gasteiger partial charge in [0.25, 0.3) is 5.91 Å². The number of carbonyl (C=O) groups excluding carboxylic acids is 2. The Hall–Kier alpha value is -2.98. The Morgan fingerprint density at radius 1 is 1.10 bits per heavy atom. The van der Waals surface area contributed by atoms with Crippen molar-refractivity contribution in [1.29, 1.82) is 0 Å². The van der Waals surface area contributed by atoms with Crippen molar-refractivity contribution >= 4 is 11.8 Å². The molecule has 0 bridgehead atoms. The van der Waals surface area contributed by atoms with Crippen molar-refractivity contribution < 1.29 is 27.5 Å². The first-order valence-electron chi connectivity index (χ1n) is 14.4. The number of alkyl halides is 3. The standard InChI is InChI=1S/C31H37F3N4O3/c1-29(2)13-24(29)28(40)38-17-30(18-38)16-37(15-23-4-3-11-41-23)14-22(30)12-20-7-10-25(36-26(20)27(35)39)19-5-8-21(9-6-19)31(32,33)34/h5-10,22-24H,3-4,11-18H2,1-2H3,(H2,35,39)/t22?,23?,24-/m1/s1. The molecule has 2 unspecified atom stereocenters. The van der Waals surface area contributed by atoms with E-state index in [1.807, 2.05) is 11.0 Å². The maximum Gasteiger partial charge on any atom is 0.416 e. The minimum Gasteiger partial charge on any atom is -0.377 e. The molecule has 10 heteroatoms. The highest BCUT2D eigenvalue weighted by molar-refractivity contribution is 5.93. The molecule has 7 nitrogen and oxygen atoms in total. The molecular weight excluding hydrogens is 533 g/mol. The number of hydrogen-bond donors (Lipinski definition) is 1. The molecule has 4 aliphatic rings. The molecule has 1 saturated carbocycles. The molecule has 0 radical (unpaired) electrons. The average Bonchev–Trinajstić information content (AvgIpc) is 3.22. The molecule has 3 saturated heterocycles. The van der Waals surface area contributed by atoms with Gasteiger partial charge < -0.3 is 15.4 Å². The second-order valence-corrected chi connectivity index (χ2v) is 13.2. The second-order valence-electron chi connectivity index (χ2n) is 13.2. The number of pyridine rings is 1. The molecule has 2 amide bonds. The lowest BCUT2D eigenvalue weighted by Gasteiger charge is -2.51. The number of ether oxygens (including phenoxy) is 1. The van der Waals surface area contributed by atoms with Gasteiger partial charge in [-0.05, 0) is 60.8 Å². The van der Waals surface area contributed by atoms with Gasteiger partial charge in [-0.3, -0.25) is 14.5 Å². The van der Waals surface area contributed by atoms with E-state index in [0.29, 0.717) is 30.8 Å². The predicted octanol–water partition coefficient (Wildman–Crippen LogP) is 4.39. The molecule has 6 rings (SSSR count). The predicted molar refractivity (Wildman–Crippen MR) is 147 cm³/mol. The summed E-state index contributed by atoms with van der Waals surface area (Å²) in [6.45, 7) is 9.04. The van der Waals surface area contributed by atoms with Crippen LogP contribution in [0.15, 0.2) is 36.4 Å². The summed E-state index contributed by atoms with van der Waals surface area (Å²) in [6, 6.07) is 8.28. The van der Waals surface area contributed by atoms with Crippen LogP contribution in [0.3, 0.4) is 0 Å². The largest absolute Gasteiger partial charge is 0.416 e. The van der Waals surface area contributed by atoms with Gasteiger partial charge >= 0.3 is 6.18 Å². The summed E-state index contributed by atoms with van der Waals surface area (Å²) in [5.41, 5.74) is 6.76. The van der Waals surface area contributed by atoms with Crippen LogP contribution in [0.1, 0.15) is 54.7 Å². The van der Waals surface area contributed by atoms with Crippen molar-refractivity contribution in [3.05, 3.63) is 53.2 Å². The van der Waals surface area contributed by atoms with Crippen molar-refractivity contribution in [2.75, 3.05) is 39.3 Å². The van der Waals surface area contributed by atoms with Crippen LogP contribution in [0.5, 0.6) is 0 Å². The SMILES string of the molecule is CC1(C)C[C@@H]1C(=O)N1CC2(CN(CC3CCCO3)CC2Cc2ccc(-c3ccc(C(F)(F)F)cc3)nc2C(N)=O)C1. The summed E-state index contributed by atoms with van der Waals surface area (Å²) in [6.07, 6.45) is -0.566. The van der Waals surface area contributed by atoms with Crippen LogP contribution in [-0.2, 0) is 22.1 Å². The fraction of sp³-hybridized carbons (Fsp3) is 0.581. The van der Waals surface area contributed by atoms with Gasteiger partial charge in [0.2, 0.25) is 5.91 Å². The zero-order valence-electron chi connectivity index (χ0n) is 23.5. The summed E-state index contributed by atoms with van der Waals surface area (Å²) < 4.78 is 44.9.